The molecule has 1 aromatic carbocycles. The van der Waals surface area contributed by atoms with Crippen molar-refractivity contribution in [2.45, 2.75) is 33.2 Å². The molecule has 1 atom stereocenters. The third-order valence-electron chi connectivity index (χ3n) is 2.98. The minimum atomic E-state index is 0.266. The van der Waals surface area contributed by atoms with Crippen LogP contribution in [-0.4, -0.2) is 33.0 Å². The van der Waals surface area contributed by atoms with E-state index in [9.17, 15) is 0 Å². The third kappa shape index (κ3) is 6.71. The van der Waals surface area contributed by atoms with Crippen LogP contribution in [0, 0.1) is 6.92 Å². The summed E-state index contributed by atoms with van der Waals surface area (Å²) in [4.78, 5) is 0. The van der Waals surface area contributed by atoms with Gasteiger partial charge in [-0.05, 0) is 32.4 Å². The van der Waals surface area contributed by atoms with Gasteiger partial charge in [0, 0.05) is 6.61 Å². The molecule has 0 saturated carbocycles. The number of hydrogen-bond donors (Lipinski definition) is 1. The van der Waals surface area contributed by atoms with Crippen molar-refractivity contribution in [1.82, 2.24) is 5.32 Å². The Balaban J connectivity index is 2.44. The van der Waals surface area contributed by atoms with Crippen molar-refractivity contribution in [3.05, 3.63) is 35.4 Å². The van der Waals surface area contributed by atoms with Crippen molar-refractivity contribution in [3.8, 4) is 0 Å². The summed E-state index contributed by atoms with van der Waals surface area (Å²) in [5.74, 6) is 0. The summed E-state index contributed by atoms with van der Waals surface area (Å²) in [5, 5.41) is 3.53. The van der Waals surface area contributed by atoms with Crippen LogP contribution in [0.4, 0.5) is 0 Å². The Labute approximate surface area is 117 Å². The first-order valence-corrected chi connectivity index (χ1v) is 7.23. The van der Waals surface area contributed by atoms with Crippen molar-refractivity contribution < 1.29 is 9.47 Å². The van der Waals surface area contributed by atoms with Crippen molar-refractivity contribution in [1.29, 1.82) is 0 Å². The molecule has 1 unspecified atom stereocenters. The maximum absolute atomic E-state index is 5.69. The largest absolute Gasteiger partial charge is 0.379 e. The van der Waals surface area contributed by atoms with Gasteiger partial charge < -0.3 is 14.8 Å². The number of hydrogen-bond acceptors (Lipinski definition) is 3. The van der Waals surface area contributed by atoms with E-state index in [2.05, 4.69) is 43.4 Å². The lowest BCUT2D eigenvalue weighted by Gasteiger charge is -2.19. The van der Waals surface area contributed by atoms with Crippen LogP contribution in [0.2, 0.25) is 0 Å². The zero-order valence-corrected chi connectivity index (χ0v) is 12.4. The van der Waals surface area contributed by atoms with E-state index in [1.165, 1.54) is 11.1 Å². The highest BCUT2D eigenvalue weighted by Gasteiger charge is 2.10. The van der Waals surface area contributed by atoms with Gasteiger partial charge in [0.1, 0.15) is 0 Å². The van der Waals surface area contributed by atoms with Gasteiger partial charge in [-0.1, -0.05) is 36.8 Å². The molecule has 3 nitrogen and oxygen atoms in total. The van der Waals surface area contributed by atoms with Gasteiger partial charge in [-0.25, -0.2) is 0 Å². The molecule has 0 aliphatic heterocycles. The van der Waals surface area contributed by atoms with E-state index in [4.69, 9.17) is 9.47 Å². The van der Waals surface area contributed by atoms with E-state index in [-0.39, 0.29) is 6.04 Å². The van der Waals surface area contributed by atoms with Crippen molar-refractivity contribution in [2.75, 3.05) is 33.0 Å². The lowest BCUT2D eigenvalue weighted by molar-refractivity contribution is 0.0433. The predicted molar refractivity (Wildman–Crippen MR) is 79.5 cm³/mol. The van der Waals surface area contributed by atoms with Crippen LogP contribution in [0.3, 0.4) is 0 Å². The molecule has 3 heteroatoms. The van der Waals surface area contributed by atoms with Gasteiger partial charge in [-0.2, -0.15) is 0 Å². The zero-order chi connectivity index (χ0) is 13.9. The first kappa shape index (κ1) is 16.2. The minimum absolute atomic E-state index is 0.266. The first-order valence-electron chi connectivity index (χ1n) is 7.23. The Morgan fingerprint density at radius 3 is 2.37 bits per heavy atom. The lowest BCUT2D eigenvalue weighted by atomic mass is 10.1. The van der Waals surface area contributed by atoms with E-state index in [0.29, 0.717) is 19.8 Å². The fraction of sp³-hybridized carbons (Fsp3) is 0.625. The molecular weight excluding hydrogens is 238 g/mol. The number of nitrogens with one attached hydrogen (secondary N) is 1. The molecule has 0 aromatic heterocycles. The highest BCUT2D eigenvalue weighted by atomic mass is 16.5. The molecule has 19 heavy (non-hydrogen) atoms. The molecule has 1 aromatic rings. The van der Waals surface area contributed by atoms with E-state index in [0.717, 1.165) is 19.6 Å². The average molecular weight is 265 g/mol. The third-order valence-corrected chi connectivity index (χ3v) is 2.98. The van der Waals surface area contributed by atoms with Gasteiger partial charge >= 0.3 is 0 Å². The van der Waals surface area contributed by atoms with Crippen LogP contribution in [0.25, 0.3) is 0 Å². The molecule has 0 radical (unpaired) electrons. The number of aryl methyl sites for hydroxylation is 1. The van der Waals surface area contributed by atoms with Crippen molar-refractivity contribution >= 4 is 0 Å². The van der Waals surface area contributed by atoms with E-state index < -0.39 is 0 Å². The highest BCUT2D eigenvalue weighted by molar-refractivity contribution is 5.24. The molecule has 0 bridgehead atoms. The second-order valence-electron chi connectivity index (χ2n) is 4.69. The standard InChI is InChI=1S/C16H27NO2/c1-4-10-17-16(13-19-12-11-18-5-2)15-8-6-14(3)7-9-15/h6-9,16-17H,4-5,10-13H2,1-3H3. The smallest absolute Gasteiger partial charge is 0.0701 e. The van der Waals surface area contributed by atoms with Gasteiger partial charge in [-0.3, -0.25) is 0 Å². The topological polar surface area (TPSA) is 30.5 Å². The van der Waals surface area contributed by atoms with Gasteiger partial charge in [-0.15, -0.1) is 0 Å². The fourth-order valence-electron chi connectivity index (χ4n) is 1.85. The second-order valence-corrected chi connectivity index (χ2v) is 4.69. The monoisotopic (exact) mass is 265 g/mol. The Morgan fingerprint density at radius 1 is 1.05 bits per heavy atom. The van der Waals surface area contributed by atoms with Crippen LogP contribution < -0.4 is 5.32 Å². The minimum Gasteiger partial charge on any atom is -0.379 e. The Kier molecular flexibility index (Phi) is 8.47. The molecule has 0 aliphatic rings. The quantitative estimate of drug-likeness (QED) is 0.659. The Hall–Kier alpha value is -0.900. The van der Waals surface area contributed by atoms with Crippen molar-refractivity contribution in [2.24, 2.45) is 0 Å². The maximum atomic E-state index is 5.69. The fourth-order valence-corrected chi connectivity index (χ4v) is 1.85. The molecule has 0 saturated heterocycles. The number of ether oxygens (including phenoxy) is 2. The van der Waals surface area contributed by atoms with Crippen LogP contribution in [-0.2, 0) is 9.47 Å². The summed E-state index contributed by atoms with van der Waals surface area (Å²) in [6.45, 7) is 10.1. The molecule has 0 amide bonds. The molecule has 0 aliphatic carbocycles. The predicted octanol–water partition coefficient (Wildman–Crippen LogP) is 3.09. The van der Waals surface area contributed by atoms with Crippen LogP contribution in [0.1, 0.15) is 37.4 Å². The first-order chi connectivity index (χ1) is 9.27. The lowest BCUT2D eigenvalue weighted by Crippen LogP contribution is -2.27. The number of benzene rings is 1. The van der Waals surface area contributed by atoms with E-state index in [1.54, 1.807) is 0 Å². The van der Waals surface area contributed by atoms with Crippen molar-refractivity contribution in [3.63, 3.8) is 0 Å². The zero-order valence-electron chi connectivity index (χ0n) is 12.4. The molecule has 1 N–H and O–H groups in total. The summed E-state index contributed by atoms with van der Waals surface area (Å²) < 4.78 is 11.0. The SMILES string of the molecule is CCCNC(COCCOCC)c1ccc(C)cc1. The van der Waals surface area contributed by atoms with Gasteiger partial charge in [0.15, 0.2) is 0 Å². The van der Waals surface area contributed by atoms with Crippen LogP contribution in [0.5, 0.6) is 0 Å². The van der Waals surface area contributed by atoms with E-state index >= 15 is 0 Å². The molecule has 0 heterocycles. The summed E-state index contributed by atoms with van der Waals surface area (Å²) in [7, 11) is 0. The van der Waals surface area contributed by atoms with Crippen LogP contribution >= 0.6 is 0 Å². The highest BCUT2D eigenvalue weighted by Crippen LogP contribution is 2.14. The molecular formula is C16H27NO2. The summed E-state index contributed by atoms with van der Waals surface area (Å²) in [5.41, 5.74) is 2.57. The summed E-state index contributed by atoms with van der Waals surface area (Å²) in [6, 6.07) is 8.91. The van der Waals surface area contributed by atoms with Gasteiger partial charge in [0.25, 0.3) is 0 Å². The molecule has 0 fully saturated rings. The number of rotatable bonds is 10. The Bertz CT molecular complexity index is 324. The molecule has 108 valence electrons. The van der Waals surface area contributed by atoms with Gasteiger partial charge in [0.05, 0.1) is 25.9 Å². The van der Waals surface area contributed by atoms with E-state index in [1.807, 2.05) is 6.92 Å². The maximum Gasteiger partial charge on any atom is 0.0701 e. The molecule has 1 rings (SSSR count). The molecule has 0 spiro atoms. The van der Waals surface area contributed by atoms with Crippen LogP contribution in [0.15, 0.2) is 24.3 Å². The normalized spacial score (nSPS) is 12.6. The Morgan fingerprint density at radius 2 is 1.74 bits per heavy atom. The second kappa shape index (κ2) is 9.96. The summed E-state index contributed by atoms with van der Waals surface area (Å²) >= 11 is 0. The average Bonchev–Trinajstić information content (AvgIpc) is 2.43. The summed E-state index contributed by atoms with van der Waals surface area (Å²) in [6.07, 6.45) is 1.13. The van der Waals surface area contributed by atoms with Gasteiger partial charge in [0.2, 0.25) is 0 Å².